The number of aryl methyl sites for hydroxylation is 2. The number of nitrogens with zero attached hydrogens (tertiary/aromatic N) is 2. The first-order valence-corrected chi connectivity index (χ1v) is 9.01. The fourth-order valence-electron chi connectivity index (χ4n) is 2.93. The second-order valence-corrected chi connectivity index (χ2v) is 6.60. The van der Waals surface area contributed by atoms with E-state index in [1.54, 1.807) is 37.3 Å². The summed E-state index contributed by atoms with van der Waals surface area (Å²) in [7, 11) is 3.34. The summed E-state index contributed by atoms with van der Waals surface area (Å²) in [5.41, 5.74) is 3.32. The average Bonchev–Trinajstić information content (AvgIpc) is 3.04. The standard InChI is InChI=1S/C22H24N2O4/c1-15-19(16(2)28-23-15)14-27-20-11-10-18(12-21(20)26-4)22(25)24(3)13-17-8-6-5-7-9-17/h5-12H,13-14H2,1-4H3. The normalized spacial score (nSPS) is 10.6. The highest BCUT2D eigenvalue weighted by Crippen LogP contribution is 2.30. The van der Waals surface area contributed by atoms with Gasteiger partial charge in [0, 0.05) is 19.2 Å². The van der Waals surface area contributed by atoms with Gasteiger partial charge >= 0.3 is 0 Å². The molecule has 0 fully saturated rings. The van der Waals surface area contributed by atoms with Gasteiger partial charge in [-0.1, -0.05) is 35.5 Å². The van der Waals surface area contributed by atoms with Gasteiger partial charge in [0.2, 0.25) is 0 Å². The van der Waals surface area contributed by atoms with Crippen LogP contribution >= 0.6 is 0 Å². The van der Waals surface area contributed by atoms with Crippen molar-refractivity contribution < 1.29 is 18.8 Å². The molecule has 1 aromatic heterocycles. The second-order valence-electron chi connectivity index (χ2n) is 6.60. The molecule has 1 heterocycles. The molecule has 3 rings (SSSR count). The summed E-state index contributed by atoms with van der Waals surface area (Å²) in [6, 6.07) is 15.1. The molecule has 28 heavy (non-hydrogen) atoms. The van der Waals surface area contributed by atoms with Crippen molar-refractivity contribution in [1.82, 2.24) is 10.1 Å². The van der Waals surface area contributed by atoms with Crippen LogP contribution in [0.3, 0.4) is 0 Å². The molecule has 6 nitrogen and oxygen atoms in total. The Kier molecular flexibility index (Phi) is 5.99. The number of hydrogen-bond acceptors (Lipinski definition) is 5. The fourth-order valence-corrected chi connectivity index (χ4v) is 2.93. The third kappa shape index (κ3) is 4.34. The van der Waals surface area contributed by atoms with E-state index in [0.29, 0.717) is 30.2 Å². The van der Waals surface area contributed by atoms with Crippen molar-refractivity contribution >= 4 is 5.91 Å². The summed E-state index contributed by atoms with van der Waals surface area (Å²) in [4.78, 5) is 14.4. The summed E-state index contributed by atoms with van der Waals surface area (Å²) < 4.78 is 16.5. The third-order valence-corrected chi connectivity index (χ3v) is 4.57. The molecule has 0 saturated heterocycles. The smallest absolute Gasteiger partial charge is 0.254 e. The SMILES string of the molecule is COc1cc(C(=O)N(C)Cc2ccccc2)ccc1OCc1c(C)noc1C. The number of benzene rings is 2. The van der Waals surface area contributed by atoms with Gasteiger partial charge in [-0.2, -0.15) is 0 Å². The van der Waals surface area contributed by atoms with E-state index >= 15 is 0 Å². The molecule has 146 valence electrons. The zero-order valence-corrected chi connectivity index (χ0v) is 16.6. The Hall–Kier alpha value is -3.28. The van der Waals surface area contributed by atoms with Crippen LogP contribution in [-0.4, -0.2) is 30.1 Å². The number of aromatic nitrogens is 1. The molecule has 0 saturated carbocycles. The van der Waals surface area contributed by atoms with Crippen molar-refractivity contribution in [3.05, 3.63) is 76.7 Å². The number of hydrogen-bond donors (Lipinski definition) is 0. The van der Waals surface area contributed by atoms with Gasteiger partial charge in [0.1, 0.15) is 12.4 Å². The van der Waals surface area contributed by atoms with E-state index in [9.17, 15) is 4.79 Å². The van der Waals surface area contributed by atoms with Crippen LogP contribution in [0.4, 0.5) is 0 Å². The van der Waals surface area contributed by atoms with E-state index in [4.69, 9.17) is 14.0 Å². The Balaban J connectivity index is 1.72. The van der Waals surface area contributed by atoms with Gasteiger partial charge < -0.3 is 18.9 Å². The molecule has 0 aliphatic rings. The molecule has 3 aromatic rings. The Labute approximate surface area is 164 Å². The fraction of sp³-hybridized carbons (Fsp3) is 0.273. The van der Waals surface area contributed by atoms with Crippen molar-refractivity contribution in [3.8, 4) is 11.5 Å². The van der Waals surface area contributed by atoms with Gasteiger partial charge in [-0.3, -0.25) is 4.79 Å². The van der Waals surface area contributed by atoms with E-state index in [0.717, 1.165) is 22.6 Å². The van der Waals surface area contributed by atoms with Crippen LogP contribution in [0, 0.1) is 13.8 Å². The largest absolute Gasteiger partial charge is 0.493 e. The maximum atomic E-state index is 12.8. The minimum Gasteiger partial charge on any atom is -0.493 e. The van der Waals surface area contributed by atoms with Gasteiger partial charge in [-0.05, 0) is 37.6 Å². The van der Waals surface area contributed by atoms with Crippen LogP contribution in [0.15, 0.2) is 53.1 Å². The van der Waals surface area contributed by atoms with E-state index in [2.05, 4.69) is 5.16 Å². The Bertz CT molecular complexity index is 931. The molecule has 0 N–H and O–H groups in total. The topological polar surface area (TPSA) is 64.8 Å². The summed E-state index contributed by atoms with van der Waals surface area (Å²) >= 11 is 0. The van der Waals surface area contributed by atoms with Gasteiger partial charge in [-0.15, -0.1) is 0 Å². The van der Waals surface area contributed by atoms with Crippen molar-refractivity contribution in [3.63, 3.8) is 0 Å². The number of carbonyl (C=O) groups is 1. The van der Waals surface area contributed by atoms with Crippen molar-refractivity contribution in [2.24, 2.45) is 0 Å². The number of ether oxygens (including phenoxy) is 2. The number of rotatable bonds is 7. The van der Waals surface area contributed by atoms with E-state index < -0.39 is 0 Å². The zero-order valence-electron chi connectivity index (χ0n) is 16.6. The lowest BCUT2D eigenvalue weighted by Crippen LogP contribution is -2.26. The molecular formula is C22H24N2O4. The van der Waals surface area contributed by atoms with Crippen LogP contribution in [0.1, 0.15) is 32.9 Å². The first-order chi connectivity index (χ1) is 13.5. The molecule has 1 amide bonds. The molecule has 2 aromatic carbocycles. The summed E-state index contributed by atoms with van der Waals surface area (Å²) in [5.74, 6) is 1.71. The lowest BCUT2D eigenvalue weighted by atomic mass is 10.1. The minimum atomic E-state index is -0.0839. The summed E-state index contributed by atoms with van der Waals surface area (Å²) in [6.45, 7) is 4.57. The molecule has 0 bridgehead atoms. The van der Waals surface area contributed by atoms with Gasteiger partial charge in [0.25, 0.3) is 5.91 Å². The molecular weight excluding hydrogens is 356 g/mol. The van der Waals surface area contributed by atoms with Gasteiger partial charge in [0.05, 0.1) is 18.4 Å². The second kappa shape index (κ2) is 8.61. The highest BCUT2D eigenvalue weighted by molar-refractivity contribution is 5.94. The maximum absolute atomic E-state index is 12.8. The molecule has 0 aliphatic heterocycles. The van der Waals surface area contributed by atoms with Crippen LogP contribution in [-0.2, 0) is 13.2 Å². The van der Waals surface area contributed by atoms with Crippen LogP contribution in [0.5, 0.6) is 11.5 Å². The first-order valence-electron chi connectivity index (χ1n) is 9.01. The Morgan fingerprint density at radius 2 is 1.86 bits per heavy atom. The zero-order chi connectivity index (χ0) is 20.1. The Morgan fingerprint density at radius 3 is 2.50 bits per heavy atom. The average molecular weight is 380 g/mol. The van der Waals surface area contributed by atoms with E-state index in [1.807, 2.05) is 44.2 Å². The van der Waals surface area contributed by atoms with Crippen LogP contribution < -0.4 is 9.47 Å². The molecule has 0 aliphatic carbocycles. The molecule has 0 spiro atoms. The minimum absolute atomic E-state index is 0.0839. The molecule has 0 unspecified atom stereocenters. The molecule has 0 atom stereocenters. The van der Waals surface area contributed by atoms with E-state index in [-0.39, 0.29) is 5.91 Å². The molecule has 6 heteroatoms. The summed E-state index contributed by atoms with van der Waals surface area (Å²) in [6.07, 6.45) is 0. The number of amides is 1. The van der Waals surface area contributed by atoms with Crippen molar-refractivity contribution in [2.45, 2.75) is 27.0 Å². The lowest BCUT2D eigenvalue weighted by Gasteiger charge is -2.18. The predicted molar refractivity (Wildman–Crippen MR) is 106 cm³/mol. The lowest BCUT2D eigenvalue weighted by molar-refractivity contribution is 0.0784. The quantitative estimate of drug-likeness (QED) is 0.616. The maximum Gasteiger partial charge on any atom is 0.254 e. The number of carbonyl (C=O) groups excluding carboxylic acids is 1. The van der Waals surface area contributed by atoms with Crippen LogP contribution in [0.2, 0.25) is 0 Å². The van der Waals surface area contributed by atoms with E-state index in [1.165, 1.54) is 0 Å². The Morgan fingerprint density at radius 1 is 1.11 bits per heavy atom. The van der Waals surface area contributed by atoms with Crippen molar-refractivity contribution in [1.29, 1.82) is 0 Å². The summed E-state index contributed by atoms with van der Waals surface area (Å²) in [5, 5.41) is 3.93. The highest BCUT2D eigenvalue weighted by atomic mass is 16.5. The van der Waals surface area contributed by atoms with Gasteiger partial charge in [0.15, 0.2) is 11.5 Å². The molecule has 0 radical (unpaired) electrons. The monoisotopic (exact) mass is 380 g/mol. The van der Waals surface area contributed by atoms with Gasteiger partial charge in [-0.25, -0.2) is 0 Å². The highest BCUT2D eigenvalue weighted by Gasteiger charge is 2.16. The number of methoxy groups -OCH3 is 1. The van der Waals surface area contributed by atoms with Crippen LogP contribution in [0.25, 0.3) is 0 Å². The van der Waals surface area contributed by atoms with Crippen molar-refractivity contribution in [2.75, 3.05) is 14.2 Å². The third-order valence-electron chi connectivity index (χ3n) is 4.57. The first kappa shape index (κ1) is 19.5. The predicted octanol–water partition coefficient (Wildman–Crippen LogP) is 4.15.